The van der Waals surface area contributed by atoms with Crippen molar-refractivity contribution in [2.45, 2.75) is 45.3 Å². The number of para-hydroxylation sites is 1. The molecule has 4 heterocycles. The lowest BCUT2D eigenvalue weighted by atomic mass is 10.1. The zero-order chi connectivity index (χ0) is 28.6. The number of amides is 1. The number of hydrogen-bond acceptors (Lipinski definition) is 7. The maximum absolute atomic E-state index is 12.5. The highest BCUT2D eigenvalue weighted by atomic mass is 16.6. The van der Waals surface area contributed by atoms with Crippen LogP contribution in [0.1, 0.15) is 50.8 Å². The van der Waals surface area contributed by atoms with E-state index in [9.17, 15) is 4.79 Å². The van der Waals surface area contributed by atoms with Crippen LogP contribution in [0.3, 0.4) is 0 Å². The molecule has 1 fully saturated rings. The molecule has 1 atom stereocenters. The van der Waals surface area contributed by atoms with Gasteiger partial charge in [0.05, 0.1) is 30.2 Å². The highest BCUT2D eigenvalue weighted by Gasteiger charge is 2.44. The summed E-state index contributed by atoms with van der Waals surface area (Å²) in [4.78, 5) is 23.6. The summed E-state index contributed by atoms with van der Waals surface area (Å²) < 4.78 is 13.4. The number of piperidine rings is 1. The second kappa shape index (κ2) is 10.5. The van der Waals surface area contributed by atoms with Gasteiger partial charge < -0.3 is 14.4 Å². The molecule has 3 aliphatic heterocycles. The number of likely N-dealkylation sites (tertiary alicyclic amines) is 1. The number of hydrogen-bond donors (Lipinski definition) is 1. The SMILES string of the molecule is CC(C)(C)OC(=O)N1CCC(n2cc(C3=C4C=NC=C[N+]4(N)C(c4ccc(Oc5ccccc5)cc4)=N3)cn2)CC1. The van der Waals surface area contributed by atoms with Crippen LogP contribution < -0.4 is 10.6 Å². The van der Waals surface area contributed by atoms with E-state index in [1.165, 1.54) is 0 Å². The Bertz CT molecular complexity index is 1560. The van der Waals surface area contributed by atoms with Crippen molar-refractivity contribution in [2.75, 3.05) is 13.1 Å². The molecule has 0 saturated carbocycles. The predicted octanol–water partition coefficient (Wildman–Crippen LogP) is 5.62. The molecular weight excluding hydrogens is 518 g/mol. The van der Waals surface area contributed by atoms with Crippen molar-refractivity contribution in [3.05, 3.63) is 96.2 Å². The van der Waals surface area contributed by atoms with E-state index >= 15 is 0 Å². The zero-order valence-corrected chi connectivity index (χ0v) is 23.5. The molecule has 3 aromatic rings. The molecule has 2 aromatic carbocycles. The van der Waals surface area contributed by atoms with Gasteiger partial charge in [-0.25, -0.2) is 4.79 Å². The fourth-order valence-corrected chi connectivity index (χ4v) is 5.19. The third-order valence-corrected chi connectivity index (χ3v) is 7.25. The molecule has 2 N–H and O–H groups in total. The Morgan fingerprint density at radius 1 is 1.00 bits per heavy atom. The van der Waals surface area contributed by atoms with Crippen molar-refractivity contribution in [1.82, 2.24) is 14.7 Å². The molecule has 6 rings (SSSR count). The minimum absolute atomic E-state index is 0.0861. The van der Waals surface area contributed by atoms with Crippen LogP contribution >= 0.6 is 0 Å². The van der Waals surface area contributed by atoms with Crippen LogP contribution in [0.2, 0.25) is 0 Å². The standard InChI is InChI=1S/C31H34N7O3/c1-31(2,3)41-30(39)36-16-13-24(14-17-36)37-21-23(19-34-37)28-27-20-33-15-18-38(27,32)29(35-28)22-9-11-26(12-10-22)40-25-7-5-4-6-8-25/h4-12,15,18-21,24H,13-14,16-17,32H2,1-3H3/q+1. The Morgan fingerprint density at radius 3 is 2.41 bits per heavy atom. The molecule has 0 aliphatic carbocycles. The monoisotopic (exact) mass is 552 g/mol. The van der Waals surface area contributed by atoms with E-state index in [2.05, 4.69) is 10.1 Å². The number of nitrogens with zero attached hydrogens (tertiary/aromatic N) is 6. The highest BCUT2D eigenvalue weighted by Crippen LogP contribution is 2.37. The van der Waals surface area contributed by atoms with Gasteiger partial charge in [0.15, 0.2) is 0 Å². The van der Waals surface area contributed by atoms with E-state index in [0.717, 1.165) is 46.9 Å². The number of allylic oxidation sites excluding steroid dienone is 1. The lowest BCUT2D eigenvalue weighted by Crippen LogP contribution is -2.53. The molecule has 0 bridgehead atoms. The van der Waals surface area contributed by atoms with Crippen LogP contribution in [-0.2, 0) is 4.74 Å². The van der Waals surface area contributed by atoms with Gasteiger partial charge in [-0.05, 0) is 70.0 Å². The van der Waals surface area contributed by atoms with Crippen molar-refractivity contribution in [3.63, 3.8) is 0 Å². The Morgan fingerprint density at radius 2 is 1.71 bits per heavy atom. The molecule has 1 saturated heterocycles. The summed E-state index contributed by atoms with van der Waals surface area (Å²) >= 11 is 0. The van der Waals surface area contributed by atoms with Crippen LogP contribution in [-0.4, -0.2) is 56.1 Å². The van der Waals surface area contributed by atoms with E-state index in [1.54, 1.807) is 17.3 Å². The molecular formula is C31H34N7O3+. The molecule has 1 aromatic heterocycles. The maximum atomic E-state index is 12.5. The van der Waals surface area contributed by atoms with E-state index in [4.69, 9.17) is 20.3 Å². The minimum atomic E-state index is -0.507. The van der Waals surface area contributed by atoms with Gasteiger partial charge in [-0.15, -0.1) is 4.59 Å². The second-order valence-corrected chi connectivity index (χ2v) is 11.4. The lowest BCUT2D eigenvalue weighted by molar-refractivity contribution is -0.749. The number of aliphatic imine (C=N–C) groups is 2. The van der Waals surface area contributed by atoms with Gasteiger partial charge in [-0.1, -0.05) is 18.2 Å². The maximum Gasteiger partial charge on any atom is 0.410 e. The smallest absolute Gasteiger partial charge is 0.410 e. The summed E-state index contributed by atoms with van der Waals surface area (Å²) in [6.45, 7) is 6.89. The third-order valence-electron chi connectivity index (χ3n) is 7.25. The molecule has 210 valence electrons. The average molecular weight is 553 g/mol. The number of fused-ring (bicyclic) bond motifs is 1. The molecule has 0 spiro atoms. The first-order chi connectivity index (χ1) is 19.7. The van der Waals surface area contributed by atoms with Crippen LogP contribution in [0.5, 0.6) is 11.5 Å². The van der Waals surface area contributed by atoms with Gasteiger partial charge in [0.25, 0.3) is 5.84 Å². The van der Waals surface area contributed by atoms with Crippen LogP contribution in [0, 0.1) is 0 Å². The van der Waals surface area contributed by atoms with Crippen molar-refractivity contribution in [1.29, 1.82) is 0 Å². The van der Waals surface area contributed by atoms with E-state index < -0.39 is 5.60 Å². The second-order valence-electron chi connectivity index (χ2n) is 11.4. The fourth-order valence-electron chi connectivity index (χ4n) is 5.19. The van der Waals surface area contributed by atoms with Gasteiger partial charge in [-0.3, -0.25) is 9.67 Å². The Hall–Kier alpha value is -4.54. The van der Waals surface area contributed by atoms with Crippen LogP contribution in [0.4, 0.5) is 4.79 Å². The zero-order valence-electron chi connectivity index (χ0n) is 23.5. The van der Waals surface area contributed by atoms with Gasteiger partial charge >= 0.3 is 6.09 Å². The Labute approximate surface area is 239 Å². The first kappa shape index (κ1) is 26.7. The molecule has 10 nitrogen and oxygen atoms in total. The number of aromatic nitrogens is 2. The molecule has 0 radical (unpaired) electrons. The number of benzene rings is 2. The topological polar surface area (TPSA) is 107 Å². The van der Waals surface area contributed by atoms with E-state index in [1.807, 2.05) is 98.6 Å². The first-order valence-corrected chi connectivity index (χ1v) is 13.8. The number of carbonyl (C=O) groups is 1. The number of carbonyl (C=O) groups excluding carboxylic acids is 1. The molecule has 1 amide bonds. The predicted molar refractivity (Wildman–Crippen MR) is 157 cm³/mol. The van der Waals surface area contributed by atoms with Crippen LogP contribution in [0.25, 0.3) is 5.70 Å². The van der Waals surface area contributed by atoms with Gasteiger partial charge in [0.2, 0.25) is 5.70 Å². The highest BCUT2D eigenvalue weighted by molar-refractivity contribution is 6.06. The quantitative estimate of drug-likeness (QED) is 0.326. The number of nitrogens with two attached hydrogens (primary N) is 1. The average Bonchev–Trinajstić information content (AvgIpc) is 3.56. The molecule has 1 unspecified atom stereocenters. The summed E-state index contributed by atoms with van der Waals surface area (Å²) in [5.74, 6) is 9.11. The van der Waals surface area contributed by atoms with Gasteiger partial charge in [0.1, 0.15) is 29.0 Å². The lowest BCUT2D eigenvalue weighted by Gasteiger charge is -2.33. The minimum Gasteiger partial charge on any atom is -0.457 e. The number of rotatable bonds is 5. The van der Waals surface area contributed by atoms with Crippen molar-refractivity contribution in [2.24, 2.45) is 15.8 Å². The Kier molecular flexibility index (Phi) is 6.80. The largest absolute Gasteiger partial charge is 0.457 e. The fraction of sp³-hybridized carbons (Fsp3) is 0.290. The number of amidine groups is 1. The van der Waals surface area contributed by atoms with Crippen molar-refractivity contribution >= 4 is 23.8 Å². The van der Waals surface area contributed by atoms with Gasteiger partial charge in [0, 0.05) is 24.8 Å². The molecule has 3 aliphatic rings. The molecule has 10 heteroatoms. The number of quaternary nitrogens is 1. The third kappa shape index (κ3) is 5.44. The van der Waals surface area contributed by atoms with E-state index in [-0.39, 0.29) is 16.7 Å². The summed E-state index contributed by atoms with van der Waals surface area (Å²) in [5, 5.41) is 4.68. The normalized spacial score (nSPS) is 20.7. The number of ether oxygens (including phenoxy) is 2. The molecule has 41 heavy (non-hydrogen) atoms. The summed E-state index contributed by atoms with van der Waals surface area (Å²) in [7, 11) is 0. The van der Waals surface area contributed by atoms with Crippen molar-refractivity contribution < 1.29 is 18.9 Å². The first-order valence-electron chi connectivity index (χ1n) is 13.8. The Balaban J connectivity index is 1.20. The van der Waals surface area contributed by atoms with E-state index in [0.29, 0.717) is 18.9 Å². The summed E-state index contributed by atoms with van der Waals surface area (Å²) in [6.07, 6.45) is 10.4. The van der Waals surface area contributed by atoms with Gasteiger partial charge in [-0.2, -0.15) is 15.9 Å². The van der Waals surface area contributed by atoms with Crippen LogP contribution in [0.15, 0.2) is 95.1 Å². The summed E-state index contributed by atoms with van der Waals surface area (Å²) in [5.41, 5.74) is 2.74. The van der Waals surface area contributed by atoms with Crippen molar-refractivity contribution in [3.8, 4) is 11.5 Å². The summed E-state index contributed by atoms with van der Waals surface area (Å²) in [6, 6.07) is 17.6.